The highest BCUT2D eigenvalue weighted by Crippen LogP contribution is 2.22. The lowest BCUT2D eigenvalue weighted by molar-refractivity contribution is 0.0658. The van der Waals surface area contributed by atoms with Crippen LogP contribution in [0.3, 0.4) is 0 Å². The molecule has 1 N–H and O–H groups in total. The number of hydrogen-bond acceptors (Lipinski definition) is 2. The van der Waals surface area contributed by atoms with Gasteiger partial charge in [-0.3, -0.25) is 0 Å². The fourth-order valence-electron chi connectivity index (χ4n) is 2.25. The first-order valence-electron chi connectivity index (χ1n) is 6.27. The molecule has 2 atom stereocenters. The molecule has 1 heterocycles. The Morgan fingerprint density at radius 3 is 2.94 bits per heavy atom. The molecule has 3 heteroatoms. The predicted molar refractivity (Wildman–Crippen MR) is 66.3 cm³/mol. The minimum Gasteiger partial charge on any atom is -0.372 e. The summed E-state index contributed by atoms with van der Waals surface area (Å²) in [7, 11) is 0. The second kappa shape index (κ2) is 5.61. The molecule has 0 amide bonds. The zero-order chi connectivity index (χ0) is 12.3. The molecule has 2 nitrogen and oxygen atoms in total. The number of ether oxygens (including phenoxy) is 1. The first kappa shape index (κ1) is 12.5. The molecule has 1 aliphatic rings. The monoisotopic (exact) mass is 237 g/mol. The summed E-state index contributed by atoms with van der Waals surface area (Å²) in [4.78, 5) is 0. The lowest BCUT2D eigenvalue weighted by Crippen LogP contribution is -2.34. The van der Waals surface area contributed by atoms with Crippen LogP contribution in [0.2, 0.25) is 0 Å². The highest BCUT2D eigenvalue weighted by atomic mass is 19.1. The number of nitrogens with one attached hydrogen (secondary N) is 1. The van der Waals surface area contributed by atoms with Crippen LogP contribution in [0, 0.1) is 11.7 Å². The summed E-state index contributed by atoms with van der Waals surface area (Å²) in [6.45, 7) is 5.91. The van der Waals surface area contributed by atoms with Crippen molar-refractivity contribution < 1.29 is 9.13 Å². The van der Waals surface area contributed by atoms with Gasteiger partial charge >= 0.3 is 0 Å². The molecule has 17 heavy (non-hydrogen) atoms. The Morgan fingerprint density at radius 2 is 2.24 bits per heavy atom. The lowest BCUT2D eigenvalue weighted by Gasteiger charge is -2.19. The topological polar surface area (TPSA) is 21.3 Å². The maximum absolute atomic E-state index is 13.2. The standard InChI is InChI=1S/C14H20FNO/c1-10(2)13-6-7-17-14(9-16-13)11-4-3-5-12(15)8-11/h3-5,8,10,13-14,16H,6-7,9H2,1-2H3. The number of halogens is 1. The summed E-state index contributed by atoms with van der Waals surface area (Å²) in [5.74, 6) is 0.403. The molecule has 2 unspecified atom stereocenters. The average molecular weight is 237 g/mol. The van der Waals surface area contributed by atoms with Crippen molar-refractivity contribution in [2.24, 2.45) is 5.92 Å². The SMILES string of the molecule is CC(C)C1CCOC(c2cccc(F)c2)CN1. The van der Waals surface area contributed by atoms with Gasteiger partial charge in [-0.1, -0.05) is 26.0 Å². The largest absolute Gasteiger partial charge is 0.372 e. The van der Waals surface area contributed by atoms with Gasteiger partial charge in [0.2, 0.25) is 0 Å². The van der Waals surface area contributed by atoms with E-state index in [1.165, 1.54) is 6.07 Å². The fourth-order valence-corrected chi connectivity index (χ4v) is 2.25. The van der Waals surface area contributed by atoms with Crippen LogP contribution >= 0.6 is 0 Å². The van der Waals surface area contributed by atoms with Gasteiger partial charge < -0.3 is 10.1 Å². The van der Waals surface area contributed by atoms with Crippen molar-refractivity contribution in [1.82, 2.24) is 5.32 Å². The van der Waals surface area contributed by atoms with E-state index in [0.29, 0.717) is 12.0 Å². The van der Waals surface area contributed by atoms with Gasteiger partial charge in [0.1, 0.15) is 5.82 Å². The number of benzene rings is 1. The molecule has 0 bridgehead atoms. The summed E-state index contributed by atoms with van der Waals surface area (Å²) in [6.07, 6.45) is 0.984. The van der Waals surface area contributed by atoms with Crippen LogP contribution in [0.4, 0.5) is 4.39 Å². The molecule has 0 spiro atoms. The van der Waals surface area contributed by atoms with Crippen LogP contribution in [0.1, 0.15) is 31.9 Å². The number of hydrogen-bond donors (Lipinski definition) is 1. The second-order valence-corrected chi connectivity index (χ2v) is 4.96. The van der Waals surface area contributed by atoms with Gasteiger partial charge in [0.15, 0.2) is 0 Å². The third-order valence-electron chi connectivity index (χ3n) is 3.34. The maximum atomic E-state index is 13.2. The van der Waals surface area contributed by atoms with Gasteiger partial charge in [0.25, 0.3) is 0 Å². The van der Waals surface area contributed by atoms with Crippen molar-refractivity contribution in [3.63, 3.8) is 0 Å². The minimum absolute atomic E-state index is 0.0329. The first-order chi connectivity index (χ1) is 8.16. The third kappa shape index (κ3) is 3.27. The fraction of sp³-hybridized carbons (Fsp3) is 0.571. The molecular weight excluding hydrogens is 217 g/mol. The molecule has 2 rings (SSSR count). The zero-order valence-electron chi connectivity index (χ0n) is 10.4. The Morgan fingerprint density at radius 1 is 1.41 bits per heavy atom. The highest BCUT2D eigenvalue weighted by molar-refractivity contribution is 5.19. The van der Waals surface area contributed by atoms with E-state index < -0.39 is 0 Å². The maximum Gasteiger partial charge on any atom is 0.123 e. The Balaban J connectivity index is 2.04. The summed E-state index contributed by atoms with van der Waals surface area (Å²) >= 11 is 0. The molecule has 1 saturated heterocycles. The highest BCUT2D eigenvalue weighted by Gasteiger charge is 2.21. The van der Waals surface area contributed by atoms with Crippen LogP contribution in [0.15, 0.2) is 24.3 Å². The van der Waals surface area contributed by atoms with E-state index in [-0.39, 0.29) is 11.9 Å². The van der Waals surface area contributed by atoms with Crippen molar-refractivity contribution in [3.8, 4) is 0 Å². The Labute approximate surface area is 102 Å². The van der Waals surface area contributed by atoms with Crippen molar-refractivity contribution in [3.05, 3.63) is 35.6 Å². The summed E-state index contributed by atoms with van der Waals surface area (Å²) in [6, 6.07) is 7.17. The van der Waals surface area contributed by atoms with Crippen molar-refractivity contribution in [2.75, 3.05) is 13.2 Å². The van der Waals surface area contributed by atoms with Crippen LogP contribution in [0.5, 0.6) is 0 Å². The van der Waals surface area contributed by atoms with Crippen molar-refractivity contribution in [1.29, 1.82) is 0 Å². The molecule has 94 valence electrons. The molecule has 1 fully saturated rings. The van der Waals surface area contributed by atoms with E-state index in [4.69, 9.17) is 4.74 Å². The van der Waals surface area contributed by atoms with Crippen LogP contribution in [-0.2, 0) is 4.74 Å². The molecule has 0 radical (unpaired) electrons. The summed E-state index contributed by atoms with van der Waals surface area (Å²) in [5, 5.41) is 3.50. The Hall–Kier alpha value is -0.930. The normalized spacial score (nSPS) is 25.9. The van der Waals surface area contributed by atoms with Crippen LogP contribution in [-0.4, -0.2) is 19.2 Å². The Bertz CT molecular complexity index is 367. The Kier molecular flexibility index (Phi) is 4.13. The molecule has 0 aromatic heterocycles. The van der Waals surface area contributed by atoms with Gasteiger partial charge in [0.05, 0.1) is 6.10 Å². The molecule has 1 aromatic carbocycles. The summed E-state index contributed by atoms with van der Waals surface area (Å²) in [5.41, 5.74) is 0.918. The molecule has 1 aliphatic heterocycles. The quantitative estimate of drug-likeness (QED) is 0.854. The zero-order valence-corrected chi connectivity index (χ0v) is 10.4. The van der Waals surface area contributed by atoms with Crippen molar-refractivity contribution >= 4 is 0 Å². The van der Waals surface area contributed by atoms with Crippen LogP contribution in [0.25, 0.3) is 0 Å². The average Bonchev–Trinajstić information content (AvgIpc) is 2.54. The third-order valence-corrected chi connectivity index (χ3v) is 3.34. The van der Waals surface area contributed by atoms with E-state index in [1.54, 1.807) is 12.1 Å². The van der Waals surface area contributed by atoms with Gasteiger partial charge in [0, 0.05) is 19.2 Å². The van der Waals surface area contributed by atoms with Crippen molar-refractivity contribution in [2.45, 2.75) is 32.4 Å². The van der Waals surface area contributed by atoms with E-state index in [9.17, 15) is 4.39 Å². The summed E-state index contributed by atoms with van der Waals surface area (Å²) < 4.78 is 18.9. The predicted octanol–water partition coefficient (Wildman–Crippen LogP) is 2.90. The van der Waals surface area contributed by atoms with E-state index >= 15 is 0 Å². The molecular formula is C14H20FNO. The van der Waals surface area contributed by atoms with Crippen LogP contribution < -0.4 is 5.32 Å². The number of rotatable bonds is 2. The minimum atomic E-state index is -0.198. The van der Waals surface area contributed by atoms with E-state index in [2.05, 4.69) is 19.2 Å². The molecule has 1 aromatic rings. The first-order valence-corrected chi connectivity index (χ1v) is 6.27. The molecule has 0 saturated carbocycles. The van der Waals surface area contributed by atoms with Gasteiger partial charge in [-0.25, -0.2) is 4.39 Å². The second-order valence-electron chi connectivity index (χ2n) is 4.96. The van der Waals surface area contributed by atoms with E-state index in [1.807, 2.05) is 6.07 Å². The van der Waals surface area contributed by atoms with Gasteiger partial charge in [-0.2, -0.15) is 0 Å². The smallest absolute Gasteiger partial charge is 0.123 e. The lowest BCUT2D eigenvalue weighted by atomic mass is 10.0. The molecule has 0 aliphatic carbocycles. The van der Waals surface area contributed by atoms with Gasteiger partial charge in [-0.15, -0.1) is 0 Å². The van der Waals surface area contributed by atoms with E-state index in [0.717, 1.165) is 25.1 Å². The van der Waals surface area contributed by atoms with Gasteiger partial charge in [-0.05, 0) is 30.0 Å².